The van der Waals surface area contributed by atoms with Gasteiger partial charge in [-0.2, -0.15) is 0 Å². The number of carboxylic acids is 1. The van der Waals surface area contributed by atoms with Crippen molar-refractivity contribution in [2.45, 2.75) is 110 Å². The molecule has 0 spiro atoms. The van der Waals surface area contributed by atoms with Gasteiger partial charge in [-0.05, 0) is 12.8 Å². The lowest BCUT2D eigenvalue weighted by Crippen LogP contribution is -1.84. The third-order valence-corrected chi connectivity index (χ3v) is 4.46. The van der Waals surface area contributed by atoms with Gasteiger partial charge in [-0.25, -0.2) is 4.79 Å². The molecule has 0 bridgehead atoms. The van der Waals surface area contributed by atoms with Gasteiger partial charge in [-0.15, -0.1) is 0 Å². The van der Waals surface area contributed by atoms with E-state index in [9.17, 15) is 4.79 Å². The molecule has 0 aliphatic carbocycles. The van der Waals surface area contributed by atoms with Crippen molar-refractivity contribution in [2.75, 3.05) is 0 Å². The van der Waals surface area contributed by atoms with Gasteiger partial charge in [0.2, 0.25) is 0 Å². The first-order valence-corrected chi connectivity index (χ1v) is 10.3. The van der Waals surface area contributed by atoms with Crippen LogP contribution in [0.4, 0.5) is 0 Å². The zero-order valence-electron chi connectivity index (χ0n) is 16.0. The molecule has 0 fully saturated rings. The number of rotatable bonds is 18. The molecule has 0 saturated carbocycles. The summed E-state index contributed by atoms with van der Waals surface area (Å²) in [4.78, 5) is 10.3. The lowest BCUT2D eigenvalue weighted by molar-refractivity contribution is -0.131. The van der Waals surface area contributed by atoms with Crippen molar-refractivity contribution >= 4 is 5.97 Å². The van der Waals surface area contributed by atoms with E-state index in [1.807, 2.05) is 6.08 Å². The van der Waals surface area contributed by atoms with Crippen LogP contribution < -0.4 is 0 Å². The van der Waals surface area contributed by atoms with Crippen LogP contribution in [0, 0.1) is 0 Å². The van der Waals surface area contributed by atoms with E-state index in [-0.39, 0.29) is 0 Å². The van der Waals surface area contributed by atoms with E-state index in [1.165, 1.54) is 102 Å². The highest BCUT2D eigenvalue weighted by Gasteiger charge is 1.94. The van der Waals surface area contributed by atoms with Crippen LogP contribution in [-0.4, -0.2) is 11.1 Å². The number of unbranched alkanes of at least 4 members (excludes halogenated alkanes) is 15. The van der Waals surface area contributed by atoms with Crippen molar-refractivity contribution in [3.05, 3.63) is 24.3 Å². The fourth-order valence-electron chi connectivity index (χ4n) is 2.95. The quantitative estimate of drug-likeness (QED) is 0.160. The molecule has 0 unspecified atom stereocenters. The zero-order valence-corrected chi connectivity index (χ0v) is 16.0. The van der Waals surface area contributed by atoms with Crippen LogP contribution in [0.2, 0.25) is 0 Å². The van der Waals surface area contributed by atoms with Gasteiger partial charge in [0.15, 0.2) is 0 Å². The van der Waals surface area contributed by atoms with E-state index in [4.69, 9.17) is 5.11 Å². The number of allylic oxidation sites excluding steroid dienone is 3. The van der Waals surface area contributed by atoms with Crippen LogP contribution in [0.15, 0.2) is 24.3 Å². The predicted molar refractivity (Wildman–Crippen MR) is 105 cm³/mol. The van der Waals surface area contributed by atoms with Gasteiger partial charge < -0.3 is 5.11 Å². The fourth-order valence-corrected chi connectivity index (χ4v) is 2.95. The molecular weight excluding hydrogens is 296 g/mol. The van der Waals surface area contributed by atoms with Gasteiger partial charge in [-0.3, -0.25) is 0 Å². The summed E-state index contributed by atoms with van der Waals surface area (Å²) in [6, 6.07) is 0. The van der Waals surface area contributed by atoms with Crippen molar-refractivity contribution in [1.29, 1.82) is 0 Å². The summed E-state index contributed by atoms with van der Waals surface area (Å²) in [7, 11) is 0. The topological polar surface area (TPSA) is 37.3 Å². The number of carbonyl (C=O) groups is 1. The molecule has 0 rings (SSSR count). The first-order valence-electron chi connectivity index (χ1n) is 10.3. The molecule has 1 N–H and O–H groups in total. The van der Waals surface area contributed by atoms with Gasteiger partial charge in [0.1, 0.15) is 0 Å². The summed E-state index contributed by atoms with van der Waals surface area (Å²) in [5.41, 5.74) is 0. The van der Waals surface area contributed by atoms with Gasteiger partial charge in [0.05, 0.1) is 0 Å². The molecule has 0 heterocycles. The van der Waals surface area contributed by atoms with Crippen LogP contribution in [-0.2, 0) is 4.79 Å². The Balaban J connectivity index is 3.09. The van der Waals surface area contributed by atoms with Crippen molar-refractivity contribution < 1.29 is 9.90 Å². The molecule has 0 aromatic carbocycles. The average Bonchev–Trinajstić information content (AvgIpc) is 2.56. The molecule has 140 valence electrons. The normalized spacial score (nSPS) is 11.7. The highest BCUT2D eigenvalue weighted by atomic mass is 16.4. The van der Waals surface area contributed by atoms with Crippen molar-refractivity contribution in [3.63, 3.8) is 0 Å². The molecule has 0 aliphatic heterocycles. The first kappa shape index (κ1) is 22.9. The Labute approximate surface area is 150 Å². The number of hydrogen-bond acceptors (Lipinski definition) is 1. The van der Waals surface area contributed by atoms with Crippen LogP contribution in [0.25, 0.3) is 0 Å². The predicted octanol–water partition coefficient (Wildman–Crippen LogP) is 7.44. The largest absolute Gasteiger partial charge is 0.478 e. The number of carboxylic acid groups (broad SMARTS) is 1. The Kier molecular flexibility index (Phi) is 19.1. The second-order valence-electron chi connectivity index (χ2n) is 6.86. The van der Waals surface area contributed by atoms with E-state index < -0.39 is 5.97 Å². The molecule has 0 atom stereocenters. The SMILES string of the molecule is CCCCCCCCCCCCCCCCC/C=C/C=C/C(=O)O. The summed E-state index contributed by atoms with van der Waals surface area (Å²) in [6.45, 7) is 2.28. The fraction of sp³-hybridized carbons (Fsp3) is 0.773. The van der Waals surface area contributed by atoms with Crippen LogP contribution in [0.5, 0.6) is 0 Å². The maximum atomic E-state index is 10.3. The standard InChI is InChI=1S/C22H40O2/c1-2-3-4-5-6-7-8-9-10-11-12-13-14-15-16-17-18-19-20-21-22(23)24/h18-21H,2-17H2,1H3,(H,23,24)/b19-18+,21-20+. The minimum absolute atomic E-state index is 0.883. The van der Waals surface area contributed by atoms with Gasteiger partial charge >= 0.3 is 5.97 Å². The van der Waals surface area contributed by atoms with Crippen molar-refractivity contribution in [3.8, 4) is 0 Å². The van der Waals surface area contributed by atoms with E-state index >= 15 is 0 Å². The van der Waals surface area contributed by atoms with Crippen LogP contribution >= 0.6 is 0 Å². The number of aliphatic carboxylic acids is 1. The summed E-state index contributed by atoms with van der Waals surface area (Å²) in [5, 5.41) is 8.44. The minimum Gasteiger partial charge on any atom is -0.478 e. The van der Waals surface area contributed by atoms with Gasteiger partial charge in [0.25, 0.3) is 0 Å². The Morgan fingerprint density at radius 3 is 1.50 bits per heavy atom. The Morgan fingerprint density at radius 2 is 1.08 bits per heavy atom. The molecule has 2 nitrogen and oxygen atoms in total. The van der Waals surface area contributed by atoms with Crippen molar-refractivity contribution in [1.82, 2.24) is 0 Å². The molecule has 0 amide bonds. The molecular formula is C22H40O2. The second-order valence-corrected chi connectivity index (χ2v) is 6.86. The van der Waals surface area contributed by atoms with E-state index in [0.717, 1.165) is 6.42 Å². The Bertz CT molecular complexity index is 318. The average molecular weight is 337 g/mol. The first-order chi connectivity index (χ1) is 11.8. The van der Waals surface area contributed by atoms with Crippen LogP contribution in [0.1, 0.15) is 110 Å². The van der Waals surface area contributed by atoms with E-state index in [2.05, 4.69) is 13.0 Å². The second kappa shape index (κ2) is 20.0. The minimum atomic E-state index is -0.883. The van der Waals surface area contributed by atoms with Gasteiger partial charge in [0, 0.05) is 6.08 Å². The van der Waals surface area contributed by atoms with Crippen molar-refractivity contribution in [2.24, 2.45) is 0 Å². The highest BCUT2D eigenvalue weighted by molar-refractivity contribution is 5.80. The van der Waals surface area contributed by atoms with Crippen LogP contribution in [0.3, 0.4) is 0 Å². The lowest BCUT2D eigenvalue weighted by Gasteiger charge is -2.03. The molecule has 0 radical (unpaired) electrons. The molecule has 0 aromatic rings. The molecule has 0 aliphatic rings. The summed E-state index contributed by atoms with van der Waals surface area (Å²) >= 11 is 0. The summed E-state index contributed by atoms with van der Waals surface area (Å²) in [6.07, 6.45) is 28.6. The summed E-state index contributed by atoms with van der Waals surface area (Å²) < 4.78 is 0. The van der Waals surface area contributed by atoms with E-state index in [1.54, 1.807) is 6.08 Å². The lowest BCUT2D eigenvalue weighted by atomic mass is 10.0. The zero-order chi connectivity index (χ0) is 17.7. The van der Waals surface area contributed by atoms with E-state index in [0.29, 0.717) is 0 Å². The van der Waals surface area contributed by atoms with Gasteiger partial charge in [-0.1, -0.05) is 115 Å². The number of hydrogen-bond donors (Lipinski definition) is 1. The molecule has 0 aromatic heterocycles. The third-order valence-electron chi connectivity index (χ3n) is 4.46. The molecule has 2 heteroatoms. The Hall–Kier alpha value is -1.05. The maximum Gasteiger partial charge on any atom is 0.328 e. The Morgan fingerprint density at radius 1 is 0.667 bits per heavy atom. The monoisotopic (exact) mass is 336 g/mol. The molecule has 24 heavy (non-hydrogen) atoms. The third kappa shape index (κ3) is 20.9. The summed E-state index contributed by atoms with van der Waals surface area (Å²) in [5.74, 6) is -0.883. The smallest absolute Gasteiger partial charge is 0.328 e. The maximum absolute atomic E-state index is 10.3. The highest BCUT2D eigenvalue weighted by Crippen LogP contribution is 2.13. The molecule has 0 saturated heterocycles.